The molecule has 0 bridgehead atoms. The topological polar surface area (TPSA) is 88.1 Å². The van der Waals surface area contributed by atoms with Crippen molar-refractivity contribution in [1.29, 1.82) is 0 Å². The normalized spacial score (nSPS) is 9.71. The molecule has 0 spiro atoms. The van der Waals surface area contributed by atoms with Gasteiger partial charge in [0.25, 0.3) is 0 Å². The lowest BCUT2D eigenvalue weighted by molar-refractivity contribution is -0.136. The third kappa shape index (κ3) is 1.75. The molecule has 0 aliphatic rings. The first-order valence-corrected chi connectivity index (χ1v) is 4.04. The molecular weight excluding hydrogens is 180 g/mol. The van der Waals surface area contributed by atoms with Crippen molar-refractivity contribution in [2.75, 3.05) is 0 Å². The van der Waals surface area contributed by atoms with E-state index in [4.69, 9.17) is 5.11 Å². The summed E-state index contributed by atoms with van der Waals surface area (Å²) in [5.41, 5.74) is 1.82. The van der Waals surface area contributed by atoms with E-state index in [2.05, 4.69) is 4.98 Å². The van der Waals surface area contributed by atoms with Gasteiger partial charge in [0.2, 0.25) is 0 Å². The summed E-state index contributed by atoms with van der Waals surface area (Å²) in [7, 11) is 0. The number of carboxylic acid groups (broad SMARTS) is 1. The average molecular weight is 192 g/mol. The van der Waals surface area contributed by atoms with Gasteiger partial charge in [-0.25, -0.2) is 0 Å². The average Bonchev–Trinajstić information content (AvgIpc) is 2.48. The van der Waals surface area contributed by atoms with E-state index in [1.807, 2.05) is 24.3 Å². The zero-order valence-corrected chi connectivity index (χ0v) is 7.66. The van der Waals surface area contributed by atoms with Crippen LogP contribution in [0.2, 0.25) is 0 Å². The molecule has 1 aromatic heterocycles. The van der Waals surface area contributed by atoms with Crippen LogP contribution in [0.4, 0.5) is 0 Å². The molecule has 4 heteroatoms. The number of carboxylic acids is 1. The van der Waals surface area contributed by atoms with Gasteiger partial charge in [0.05, 0.1) is 6.42 Å². The lowest BCUT2D eigenvalue weighted by Crippen LogP contribution is -1.98. The minimum atomic E-state index is -0.801. The summed E-state index contributed by atoms with van der Waals surface area (Å²) in [4.78, 5) is 13.5. The van der Waals surface area contributed by atoms with Crippen LogP contribution in [0.15, 0.2) is 30.5 Å². The van der Waals surface area contributed by atoms with E-state index >= 15 is 0 Å². The Morgan fingerprint density at radius 3 is 2.79 bits per heavy atom. The van der Waals surface area contributed by atoms with E-state index < -0.39 is 5.97 Å². The standard InChI is InChI=1S/C10H9NO2.H3N/c12-10(13)5-7-6-11-9-4-2-1-3-8(7)9;/h1-4,6,11H,5H2,(H,12,13);1H3. The Hall–Kier alpha value is -1.81. The van der Waals surface area contributed by atoms with E-state index in [0.717, 1.165) is 16.5 Å². The fourth-order valence-electron chi connectivity index (χ4n) is 1.44. The van der Waals surface area contributed by atoms with Gasteiger partial charge in [-0.05, 0) is 11.6 Å². The molecule has 1 aromatic carbocycles. The summed E-state index contributed by atoms with van der Waals surface area (Å²) in [6, 6.07) is 7.68. The highest BCUT2D eigenvalue weighted by atomic mass is 16.4. The Labute approximate surface area is 81.1 Å². The largest absolute Gasteiger partial charge is 0.481 e. The Balaban J connectivity index is 0.000000980. The van der Waals surface area contributed by atoms with Crippen LogP contribution in [0.5, 0.6) is 0 Å². The number of carbonyl (C=O) groups is 1. The van der Waals surface area contributed by atoms with Crippen LogP contribution >= 0.6 is 0 Å². The maximum atomic E-state index is 10.5. The second-order valence-corrected chi connectivity index (χ2v) is 2.93. The second kappa shape index (κ2) is 3.93. The van der Waals surface area contributed by atoms with E-state index in [1.165, 1.54) is 0 Å². The molecular formula is C10H12N2O2. The predicted molar refractivity (Wildman–Crippen MR) is 54.7 cm³/mol. The summed E-state index contributed by atoms with van der Waals surface area (Å²) in [6.07, 6.45) is 1.82. The van der Waals surface area contributed by atoms with E-state index in [1.54, 1.807) is 6.20 Å². The Kier molecular flexibility index (Phi) is 2.89. The third-order valence-electron chi connectivity index (χ3n) is 2.02. The molecule has 0 saturated heterocycles. The first-order valence-electron chi connectivity index (χ1n) is 4.04. The fraction of sp³-hybridized carbons (Fsp3) is 0.100. The lowest BCUT2D eigenvalue weighted by atomic mass is 10.1. The Morgan fingerprint density at radius 1 is 1.36 bits per heavy atom. The highest BCUT2D eigenvalue weighted by Crippen LogP contribution is 2.17. The molecule has 0 aliphatic heterocycles. The number of aliphatic carboxylic acids is 1. The molecule has 74 valence electrons. The van der Waals surface area contributed by atoms with E-state index in [9.17, 15) is 4.79 Å². The number of nitrogens with one attached hydrogen (secondary N) is 1. The smallest absolute Gasteiger partial charge is 0.307 e. The van der Waals surface area contributed by atoms with Gasteiger partial charge in [0.1, 0.15) is 0 Å². The van der Waals surface area contributed by atoms with Crippen LogP contribution < -0.4 is 6.15 Å². The van der Waals surface area contributed by atoms with Gasteiger partial charge in [-0.2, -0.15) is 0 Å². The van der Waals surface area contributed by atoms with Crippen molar-refractivity contribution in [2.45, 2.75) is 6.42 Å². The van der Waals surface area contributed by atoms with Crippen LogP contribution in [-0.2, 0) is 11.2 Å². The Bertz CT molecular complexity index is 448. The highest BCUT2D eigenvalue weighted by molar-refractivity contribution is 5.86. The first-order chi connectivity index (χ1) is 6.27. The fourth-order valence-corrected chi connectivity index (χ4v) is 1.44. The van der Waals surface area contributed by atoms with Crippen molar-refractivity contribution < 1.29 is 9.90 Å². The molecule has 0 atom stereocenters. The van der Waals surface area contributed by atoms with Crippen molar-refractivity contribution >= 4 is 16.9 Å². The van der Waals surface area contributed by atoms with Crippen molar-refractivity contribution in [2.24, 2.45) is 0 Å². The Morgan fingerprint density at radius 2 is 2.07 bits per heavy atom. The maximum Gasteiger partial charge on any atom is 0.307 e. The molecule has 0 unspecified atom stereocenters. The minimum Gasteiger partial charge on any atom is -0.481 e. The molecule has 0 fully saturated rings. The highest BCUT2D eigenvalue weighted by Gasteiger charge is 2.05. The number of H-pyrrole nitrogens is 1. The van der Waals surface area contributed by atoms with Crippen LogP contribution in [-0.4, -0.2) is 16.1 Å². The quantitative estimate of drug-likeness (QED) is 0.679. The van der Waals surface area contributed by atoms with Gasteiger partial charge in [-0.15, -0.1) is 0 Å². The lowest BCUT2D eigenvalue weighted by Gasteiger charge is -1.92. The summed E-state index contributed by atoms with van der Waals surface area (Å²) in [5.74, 6) is -0.801. The summed E-state index contributed by atoms with van der Waals surface area (Å²) in [6.45, 7) is 0. The van der Waals surface area contributed by atoms with Crippen molar-refractivity contribution in [1.82, 2.24) is 11.1 Å². The zero-order valence-electron chi connectivity index (χ0n) is 7.66. The van der Waals surface area contributed by atoms with Crippen molar-refractivity contribution in [3.63, 3.8) is 0 Å². The summed E-state index contributed by atoms with van der Waals surface area (Å²) < 4.78 is 0. The zero-order chi connectivity index (χ0) is 9.26. The number of benzene rings is 1. The number of aromatic nitrogens is 1. The molecule has 4 nitrogen and oxygen atoms in total. The van der Waals surface area contributed by atoms with Gasteiger partial charge in [-0.3, -0.25) is 4.79 Å². The number of fused-ring (bicyclic) bond motifs is 1. The number of rotatable bonds is 2. The van der Waals surface area contributed by atoms with Crippen LogP contribution in [0.3, 0.4) is 0 Å². The molecule has 0 radical (unpaired) electrons. The van der Waals surface area contributed by atoms with Gasteiger partial charge >= 0.3 is 5.97 Å². The molecule has 5 N–H and O–H groups in total. The summed E-state index contributed by atoms with van der Waals surface area (Å²) in [5, 5.41) is 9.62. The first kappa shape index (κ1) is 10.3. The minimum absolute atomic E-state index is 0. The molecule has 1 heterocycles. The van der Waals surface area contributed by atoms with Crippen molar-refractivity contribution in [3.05, 3.63) is 36.0 Å². The monoisotopic (exact) mass is 192 g/mol. The number of hydrogen-bond donors (Lipinski definition) is 3. The van der Waals surface area contributed by atoms with Crippen LogP contribution in [0, 0.1) is 0 Å². The van der Waals surface area contributed by atoms with Gasteiger partial charge < -0.3 is 16.2 Å². The number of para-hydroxylation sites is 1. The van der Waals surface area contributed by atoms with Gasteiger partial charge in [-0.1, -0.05) is 18.2 Å². The molecule has 14 heavy (non-hydrogen) atoms. The predicted octanol–water partition coefficient (Wildman–Crippen LogP) is 1.96. The second-order valence-electron chi connectivity index (χ2n) is 2.93. The van der Waals surface area contributed by atoms with Gasteiger partial charge in [0, 0.05) is 17.1 Å². The van der Waals surface area contributed by atoms with Gasteiger partial charge in [0.15, 0.2) is 0 Å². The molecule has 2 aromatic rings. The molecule has 0 amide bonds. The number of hydrogen-bond acceptors (Lipinski definition) is 2. The third-order valence-corrected chi connectivity index (χ3v) is 2.02. The van der Waals surface area contributed by atoms with E-state index in [-0.39, 0.29) is 12.6 Å². The summed E-state index contributed by atoms with van der Waals surface area (Å²) >= 11 is 0. The van der Waals surface area contributed by atoms with Crippen LogP contribution in [0.25, 0.3) is 10.9 Å². The SMILES string of the molecule is N.O=C(O)Cc1c[nH]c2ccccc12. The molecule has 0 aliphatic carbocycles. The maximum absolute atomic E-state index is 10.5. The molecule has 2 rings (SSSR count). The van der Waals surface area contributed by atoms with E-state index in [0.29, 0.717) is 0 Å². The van der Waals surface area contributed by atoms with Crippen LogP contribution in [0.1, 0.15) is 5.56 Å². The van der Waals surface area contributed by atoms with Crippen molar-refractivity contribution in [3.8, 4) is 0 Å². The molecule has 0 saturated carbocycles. The number of aromatic amines is 1.